The highest BCUT2D eigenvalue weighted by Crippen LogP contribution is 2.72. The summed E-state index contributed by atoms with van der Waals surface area (Å²) in [6.45, 7) is 7.76. The van der Waals surface area contributed by atoms with Crippen molar-refractivity contribution in [3.05, 3.63) is 11.6 Å². The molecule has 0 N–H and O–H groups in total. The van der Waals surface area contributed by atoms with Gasteiger partial charge in [0.15, 0.2) is 5.78 Å². The van der Waals surface area contributed by atoms with Crippen LogP contribution in [-0.4, -0.2) is 5.78 Å². The van der Waals surface area contributed by atoms with Gasteiger partial charge in [-0.05, 0) is 104 Å². The molecule has 0 aromatic rings. The van der Waals surface area contributed by atoms with E-state index in [1.54, 1.807) is 0 Å². The molecular formula is C23H34O. The number of hydrogen-bond acceptors (Lipinski definition) is 1. The predicted octanol–water partition coefficient (Wildman–Crippen LogP) is 5.93. The maximum absolute atomic E-state index is 11.9. The maximum atomic E-state index is 11.9. The summed E-state index contributed by atoms with van der Waals surface area (Å²) in [6.07, 6.45) is 15.4. The zero-order chi connectivity index (χ0) is 16.7. The summed E-state index contributed by atoms with van der Waals surface area (Å²) in [7, 11) is 0. The number of carbonyl (C=O) groups excluding carboxylic acids is 1. The molecule has 0 unspecified atom stereocenters. The van der Waals surface area contributed by atoms with Gasteiger partial charge < -0.3 is 0 Å². The Balaban J connectivity index is 1.47. The van der Waals surface area contributed by atoms with Gasteiger partial charge in [0, 0.05) is 6.42 Å². The molecule has 1 nitrogen and oxygen atoms in total. The molecule has 5 rings (SSSR count). The van der Waals surface area contributed by atoms with E-state index in [1.165, 1.54) is 56.9 Å². The fourth-order valence-corrected chi connectivity index (χ4v) is 8.25. The quantitative estimate of drug-likeness (QED) is 0.583. The average Bonchev–Trinajstić information content (AvgIpc) is 3.17. The van der Waals surface area contributed by atoms with E-state index in [0.717, 1.165) is 36.5 Å². The number of ketones is 1. The van der Waals surface area contributed by atoms with Crippen LogP contribution in [0.2, 0.25) is 0 Å². The first kappa shape index (κ1) is 15.6. The molecule has 0 spiro atoms. The standard InChI is InChI=1S/C23H34O/c1-21(12-13-21)20-7-6-18-17-5-4-15-14-16(24)8-10-22(15,2)19(17)9-11-23(18,20)3/h14,17-20H,4-13H2,1-3H3/t17-,18-,19-,20+,22-,23-/m0/s1. The molecule has 4 fully saturated rings. The van der Waals surface area contributed by atoms with Crippen molar-refractivity contribution in [2.45, 2.75) is 85.0 Å². The van der Waals surface area contributed by atoms with Crippen LogP contribution < -0.4 is 0 Å². The Morgan fingerprint density at radius 3 is 2.42 bits per heavy atom. The van der Waals surface area contributed by atoms with Gasteiger partial charge >= 0.3 is 0 Å². The van der Waals surface area contributed by atoms with Gasteiger partial charge in [-0.2, -0.15) is 0 Å². The van der Waals surface area contributed by atoms with Crippen LogP contribution in [0.15, 0.2) is 11.6 Å². The summed E-state index contributed by atoms with van der Waals surface area (Å²) in [6, 6.07) is 0. The summed E-state index contributed by atoms with van der Waals surface area (Å²) in [4.78, 5) is 11.9. The molecule has 0 saturated heterocycles. The van der Waals surface area contributed by atoms with Crippen LogP contribution in [0.5, 0.6) is 0 Å². The van der Waals surface area contributed by atoms with Crippen molar-refractivity contribution < 1.29 is 4.79 Å². The van der Waals surface area contributed by atoms with Crippen LogP contribution in [0.4, 0.5) is 0 Å². The van der Waals surface area contributed by atoms with E-state index in [9.17, 15) is 4.79 Å². The molecule has 0 amide bonds. The molecule has 0 aromatic heterocycles. The van der Waals surface area contributed by atoms with Crippen molar-refractivity contribution in [1.82, 2.24) is 0 Å². The van der Waals surface area contributed by atoms with Crippen LogP contribution in [-0.2, 0) is 4.79 Å². The lowest BCUT2D eigenvalue weighted by Crippen LogP contribution is -2.51. The van der Waals surface area contributed by atoms with Gasteiger partial charge in [-0.15, -0.1) is 0 Å². The Bertz CT molecular complexity index is 612. The molecule has 5 aliphatic carbocycles. The number of rotatable bonds is 1. The average molecular weight is 327 g/mol. The van der Waals surface area contributed by atoms with Crippen LogP contribution in [0.25, 0.3) is 0 Å². The van der Waals surface area contributed by atoms with Crippen LogP contribution >= 0.6 is 0 Å². The molecule has 24 heavy (non-hydrogen) atoms. The van der Waals surface area contributed by atoms with Crippen molar-refractivity contribution >= 4 is 5.78 Å². The minimum atomic E-state index is 0.347. The Labute approximate surface area is 147 Å². The molecule has 5 aliphatic rings. The first-order valence-electron chi connectivity index (χ1n) is 10.6. The second-order valence-electron chi connectivity index (χ2n) is 10.8. The highest BCUT2D eigenvalue weighted by molar-refractivity contribution is 5.91. The van der Waals surface area contributed by atoms with Crippen LogP contribution in [0.3, 0.4) is 0 Å². The normalized spacial score (nSPS) is 52.1. The lowest BCUT2D eigenvalue weighted by Gasteiger charge is -2.58. The summed E-state index contributed by atoms with van der Waals surface area (Å²) in [5.41, 5.74) is 3.18. The minimum absolute atomic E-state index is 0.347. The van der Waals surface area contributed by atoms with Gasteiger partial charge in [0.2, 0.25) is 0 Å². The third-order valence-electron chi connectivity index (χ3n) is 9.84. The monoisotopic (exact) mass is 326 g/mol. The van der Waals surface area contributed by atoms with E-state index in [-0.39, 0.29) is 0 Å². The van der Waals surface area contributed by atoms with Gasteiger partial charge in [-0.25, -0.2) is 0 Å². The highest BCUT2D eigenvalue weighted by Gasteiger charge is 2.63. The lowest BCUT2D eigenvalue weighted by atomic mass is 9.46. The Morgan fingerprint density at radius 1 is 0.875 bits per heavy atom. The van der Waals surface area contributed by atoms with Crippen LogP contribution in [0.1, 0.15) is 85.0 Å². The van der Waals surface area contributed by atoms with E-state index in [2.05, 4.69) is 26.8 Å². The van der Waals surface area contributed by atoms with E-state index < -0.39 is 0 Å². The molecule has 0 bridgehead atoms. The molecule has 6 atom stereocenters. The summed E-state index contributed by atoms with van der Waals surface area (Å²) < 4.78 is 0. The fourth-order valence-electron chi connectivity index (χ4n) is 8.25. The summed E-state index contributed by atoms with van der Waals surface area (Å²) in [5, 5.41) is 0. The second kappa shape index (κ2) is 4.77. The SMILES string of the molecule is CC1([C@H]2CC[C@H]3[C@@H]4CCC5=CC(=O)CC[C@]5(C)[C@H]4CC[C@]23C)CC1. The molecular weight excluding hydrogens is 292 g/mol. The molecule has 132 valence electrons. The Morgan fingerprint density at radius 2 is 1.67 bits per heavy atom. The van der Waals surface area contributed by atoms with Crippen molar-refractivity contribution in [3.63, 3.8) is 0 Å². The van der Waals surface area contributed by atoms with Gasteiger partial charge in [0.05, 0.1) is 0 Å². The molecule has 0 aliphatic heterocycles. The zero-order valence-electron chi connectivity index (χ0n) is 15.9. The zero-order valence-corrected chi connectivity index (χ0v) is 15.9. The molecule has 0 radical (unpaired) electrons. The van der Waals surface area contributed by atoms with E-state index in [4.69, 9.17) is 0 Å². The summed E-state index contributed by atoms with van der Waals surface area (Å²) >= 11 is 0. The van der Waals surface area contributed by atoms with E-state index in [0.29, 0.717) is 22.0 Å². The third-order valence-corrected chi connectivity index (χ3v) is 9.84. The second-order valence-corrected chi connectivity index (χ2v) is 10.8. The molecule has 4 saturated carbocycles. The number of hydrogen-bond donors (Lipinski definition) is 0. The van der Waals surface area contributed by atoms with Crippen LogP contribution in [0, 0.1) is 39.9 Å². The number of allylic oxidation sites excluding steroid dienone is 1. The highest BCUT2D eigenvalue weighted by atomic mass is 16.1. The Kier molecular flexibility index (Phi) is 3.11. The van der Waals surface area contributed by atoms with Crippen molar-refractivity contribution in [3.8, 4) is 0 Å². The first-order valence-corrected chi connectivity index (χ1v) is 10.6. The van der Waals surface area contributed by atoms with Gasteiger partial charge in [-0.3, -0.25) is 4.79 Å². The molecule has 0 heterocycles. The maximum Gasteiger partial charge on any atom is 0.155 e. The molecule has 1 heteroatoms. The van der Waals surface area contributed by atoms with Gasteiger partial charge in [0.1, 0.15) is 0 Å². The summed E-state index contributed by atoms with van der Waals surface area (Å²) in [5.74, 6) is 4.15. The van der Waals surface area contributed by atoms with Gasteiger partial charge in [-0.1, -0.05) is 26.3 Å². The third kappa shape index (κ3) is 1.91. The van der Waals surface area contributed by atoms with Crippen molar-refractivity contribution in [2.24, 2.45) is 39.9 Å². The largest absolute Gasteiger partial charge is 0.295 e. The fraction of sp³-hybridized carbons (Fsp3) is 0.870. The van der Waals surface area contributed by atoms with Gasteiger partial charge in [0.25, 0.3) is 0 Å². The van der Waals surface area contributed by atoms with E-state index >= 15 is 0 Å². The predicted molar refractivity (Wildman–Crippen MR) is 97.5 cm³/mol. The topological polar surface area (TPSA) is 17.1 Å². The van der Waals surface area contributed by atoms with E-state index in [1.807, 2.05) is 0 Å². The molecule has 0 aromatic carbocycles. The first-order chi connectivity index (χ1) is 11.4. The minimum Gasteiger partial charge on any atom is -0.295 e. The Hall–Kier alpha value is -0.590. The smallest absolute Gasteiger partial charge is 0.155 e. The van der Waals surface area contributed by atoms with Crippen molar-refractivity contribution in [1.29, 1.82) is 0 Å². The number of fused-ring (bicyclic) bond motifs is 5. The lowest BCUT2D eigenvalue weighted by molar-refractivity contribution is -0.117. The number of carbonyl (C=O) groups is 1. The van der Waals surface area contributed by atoms with Crippen molar-refractivity contribution in [2.75, 3.05) is 0 Å².